The fourth-order valence-electron chi connectivity index (χ4n) is 5.03. The van der Waals surface area contributed by atoms with Crippen LogP contribution in [0, 0.1) is 17.8 Å². The van der Waals surface area contributed by atoms with Crippen molar-refractivity contribution in [3.63, 3.8) is 0 Å². The minimum absolute atomic E-state index is 0.0252. The number of carbonyl (C=O) groups excluding carboxylic acids is 2. The Bertz CT molecular complexity index is 749. The van der Waals surface area contributed by atoms with Crippen molar-refractivity contribution in [1.82, 2.24) is 4.90 Å². The molecule has 3 saturated heterocycles. The van der Waals surface area contributed by atoms with Gasteiger partial charge in [0.1, 0.15) is 0 Å². The average Bonchev–Trinajstić information content (AvgIpc) is 2.88. The average molecular weight is 366 g/mol. The summed E-state index contributed by atoms with van der Waals surface area (Å²) in [4.78, 5) is 29.3. The molecule has 5 rings (SSSR count). The summed E-state index contributed by atoms with van der Waals surface area (Å²) in [5, 5.41) is 0. The second-order valence-electron chi connectivity index (χ2n) is 7.51. The van der Waals surface area contributed by atoms with Crippen LogP contribution in [0.2, 0.25) is 0 Å². The Balaban J connectivity index is 1.69. The highest BCUT2D eigenvalue weighted by Gasteiger charge is 2.60. The number of anilines is 1. The molecule has 2 unspecified atom stereocenters. The Morgan fingerprint density at radius 3 is 2.54 bits per heavy atom. The van der Waals surface area contributed by atoms with Gasteiger partial charge in [-0.05, 0) is 49.9 Å². The number of nitrogens with zero attached hydrogens (tertiary/aromatic N) is 2. The van der Waals surface area contributed by atoms with Crippen LogP contribution < -0.4 is 4.90 Å². The first-order valence-corrected chi connectivity index (χ1v) is 9.12. The van der Waals surface area contributed by atoms with Crippen molar-refractivity contribution in [1.29, 1.82) is 0 Å². The highest BCUT2D eigenvalue weighted by molar-refractivity contribution is 6.22. The zero-order valence-corrected chi connectivity index (χ0v) is 14.5. The molecule has 4 nitrogen and oxygen atoms in total. The van der Waals surface area contributed by atoms with Gasteiger partial charge in [0, 0.05) is 12.6 Å². The number of benzene rings is 1. The maximum absolute atomic E-state index is 13.0. The van der Waals surface area contributed by atoms with E-state index in [0.29, 0.717) is 0 Å². The van der Waals surface area contributed by atoms with E-state index in [4.69, 9.17) is 0 Å². The first kappa shape index (κ1) is 17.5. The Hall–Kier alpha value is -1.89. The van der Waals surface area contributed by atoms with Gasteiger partial charge in [-0.3, -0.25) is 14.5 Å². The largest absolute Gasteiger partial charge is 0.416 e. The van der Waals surface area contributed by atoms with E-state index in [-0.39, 0.29) is 35.4 Å². The van der Waals surface area contributed by atoms with Gasteiger partial charge in [-0.15, -0.1) is 0 Å². The molecule has 3 heterocycles. The van der Waals surface area contributed by atoms with Crippen molar-refractivity contribution in [3.8, 4) is 0 Å². The number of hydrogen-bond acceptors (Lipinski definition) is 3. The number of halogens is 3. The molecular weight excluding hydrogens is 345 g/mol. The normalized spacial score (nSPS) is 31.6. The summed E-state index contributed by atoms with van der Waals surface area (Å²) >= 11 is 0. The third-order valence-corrected chi connectivity index (χ3v) is 6.03. The van der Waals surface area contributed by atoms with Crippen molar-refractivity contribution < 1.29 is 22.8 Å². The predicted octanol–water partition coefficient (Wildman–Crippen LogP) is 3.32. The summed E-state index contributed by atoms with van der Waals surface area (Å²) in [5.41, 5.74) is -0.813. The molecule has 0 aromatic heterocycles. The number of carbonyl (C=O) groups is 2. The van der Waals surface area contributed by atoms with E-state index < -0.39 is 17.7 Å². The molecule has 3 aliphatic heterocycles. The highest BCUT2D eigenvalue weighted by atomic mass is 19.4. The number of piperidine rings is 2. The van der Waals surface area contributed by atoms with Crippen molar-refractivity contribution in [2.45, 2.75) is 38.4 Å². The first-order valence-electron chi connectivity index (χ1n) is 9.12. The Morgan fingerprint density at radius 2 is 1.85 bits per heavy atom. The van der Waals surface area contributed by atoms with Gasteiger partial charge in [-0.1, -0.05) is 13.0 Å². The molecule has 4 aliphatic rings. The number of alkyl halides is 3. The third kappa shape index (κ3) is 2.55. The number of rotatable bonds is 3. The van der Waals surface area contributed by atoms with E-state index >= 15 is 0 Å². The molecule has 1 saturated carbocycles. The van der Waals surface area contributed by atoms with Crippen molar-refractivity contribution in [3.05, 3.63) is 29.8 Å². The van der Waals surface area contributed by atoms with E-state index in [1.807, 2.05) is 0 Å². The van der Waals surface area contributed by atoms with Crippen LogP contribution in [0.25, 0.3) is 0 Å². The summed E-state index contributed by atoms with van der Waals surface area (Å²) in [6.07, 6.45) is -1.76. The minimum Gasteiger partial charge on any atom is -0.299 e. The molecule has 0 radical (unpaired) electrons. The molecule has 1 aromatic carbocycles. The van der Waals surface area contributed by atoms with E-state index in [1.54, 1.807) is 0 Å². The van der Waals surface area contributed by atoms with Crippen LogP contribution in [0.3, 0.4) is 0 Å². The maximum Gasteiger partial charge on any atom is 0.416 e. The lowest BCUT2D eigenvalue weighted by molar-refractivity contribution is -0.137. The molecule has 4 fully saturated rings. The van der Waals surface area contributed by atoms with Gasteiger partial charge in [-0.2, -0.15) is 13.2 Å². The molecule has 26 heavy (non-hydrogen) atoms. The lowest BCUT2D eigenvalue weighted by atomic mass is 9.66. The number of hydrogen-bond donors (Lipinski definition) is 0. The summed E-state index contributed by atoms with van der Waals surface area (Å²) in [7, 11) is 0. The quantitative estimate of drug-likeness (QED) is 0.771. The zero-order chi connectivity index (χ0) is 18.6. The van der Waals surface area contributed by atoms with Gasteiger partial charge in [0.25, 0.3) is 0 Å². The molecule has 2 amide bonds. The zero-order valence-electron chi connectivity index (χ0n) is 14.5. The van der Waals surface area contributed by atoms with Crippen LogP contribution >= 0.6 is 0 Å². The SMILES string of the molecule is CCCN1CC2CCC1[C@H]1C(=O)N(c3cccc(C(F)(F)F)c3)C(=O)[C@@H]21. The second-order valence-corrected chi connectivity index (χ2v) is 7.51. The van der Waals surface area contributed by atoms with Crippen LogP contribution in [-0.4, -0.2) is 35.8 Å². The van der Waals surface area contributed by atoms with E-state index in [9.17, 15) is 22.8 Å². The van der Waals surface area contributed by atoms with Gasteiger partial charge >= 0.3 is 6.18 Å². The lowest BCUT2D eigenvalue weighted by Crippen LogP contribution is -2.58. The van der Waals surface area contributed by atoms with Gasteiger partial charge < -0.3 is 0 Å². The van der Waals surface area contributed by atoms with Crippen LogP contribution in [0.15, 0.2) is 24.3 Å². The van der Waals surface area contributed by atoms with Crippen LogP contribution in [0.5, 0.6) is 0 Å². The Labute approximate surface area is 149 Å². The molecule has 4 atom stereocenters. The van der Waals surface area contributed by atoms with E-state index in [2.05, 4.69) is 11.8 Å². The van der Waals surface area contributed by atoms with Gasteiger partial charge in [0.15, 0.2) is 0 Å². The van der Waals surface area contributed by atoms with Gasteiger partial charge in [0.05, 0.1) is 23.1 Å². The minimum atomic E-state index is -4.51. The summed E-state index contributed by atoms with van der Waals surface area (Å²) in [5.74, 6) is -1.36. The molecular formula is C19H21F3N2O2. The second kappa shape index (κ2) is 6.08. The fourth-order valence-corrected chi connectivity index (χ4v) is 5.03. The van der Waals surface area contributed by atoms with Crippen molar-refractivity contribution in [2.24, 2.45) is 17.8 Å². The predicted molar refractivity (Wildman–Crippen MR) is 89.3 cm³/mol. The first-order chi connectivity index (χ1) is 12.3. The molecule has 1 aliphatic carbocycles. The van der Waals surface area contributed by atoms with E-state index in [0.717, 1.165) is 49.4 Å². The lowest BCUT2D eigenvalue weighted by Gasteiger charge is -2.50. The number of fused-ring (bicyclic) bond motifs is 2. The third-order valence-electron chi connectivity index (χ3n) is 6.03. The molecule has 140 valence electrons. The summed E-state index contributed by atoms with van der Waals surface area (Å²) in [6.45, 7) is 3.76. The van der Waals surface area contributed by atoms with Crippen molar-refractivity contribution in [2.75, 3.05) is 18.0 Å². The van der Waals surface area contributed by atoms with E-state index in [1.165, 1.54) is 12.1 Å². The molecule has 2 bridgehead atoms. The van der Waals surface area contributed by atoms with Crippen LogP contribution in [-0.2, 0) is 15.8 Å². The molecule has 0 spiro atoms. The van der Waals surface area contributed by atoms with Crippen LogP contribution in [0.4, 0.5) is 18.9 Å². The monoisotopic (exact) mass is 366 g/mol. The van der Waals surface area contributed by atoms with Crippen LogP contribution in [0.1, 0.15) is 31.7 Å². The molecule has 0 N–H and O–H groups in total. The number of amides is 2. The van der Waals surface area contributed by atoms with Gasteiger partial charge in [-0.25, -0.2) is 4.90 Å². The molecule has 1 aromatic rings. The van der Waals surface area contributed by atoms with Crippen molar-refractivity contribution >= 4 is 17.5 Å². The smallest absolute Gasteiger partial charge is 0.299 e. The Morgan fingerprint density at radius 1 is 1.12 bits per heavy atom. The summed E-state index contributed by atoms with van der Waals surface area (Å²) in [6, 6.07) is 4.54. The number of imide groups is 1. The van der Waals surface area contributed by atoms with Gasteiger partial charge in [0.2, 0.25) is 11.8 Å². The standard InChI is InChI=1S/C19H21F3N2O2/c1-2-8-23-10-11-6-7-14(23)16-15(11)17(25)24(18(16)26)13-5-3-4-12(9-13)19(20,21)22/h3-5,9,11,14-16H,2,6-8,10H2,1H3/t11?,14?,15-,16+/m0/s1. The molecule has 7 heteroatoms. The summed E-state index contributed by atoms with van der Waals surface area (Å²) < 4.78 is 39.1. The fraction of sp³-hybridized carbons (Fsp3) is 0.579. The highest BCUT2D eigenvalue weighted by Crippen LogP contribution is 2.49. The maximum atomic E-state index is 13.0. The Kier molecular flexibility index (Phi) is 4.10. The topological polar surface area (TPSA) is 40.6 Å².